The summed E-state index contributed by atoms with van der Waals surface area (Å²) in [4.78, 5) is 27.4. The lowest BCUT2D eigenvalue weighted by molar-refractivity contribution is -0.113. The van der Waals surface area contributed by atoms with Crippen molar-refractivity contribution in [3.8, 4) is 0 Å². The molecule has 0 bridgehead atoms. The number of nitrogens with zero attached hydrogens (tertiary/aromatic N) is 1. The largest absolute Gasteiger partial charge is 0.378 e. The minimum atomic E-state index is -0.522. The van der Waals surface area contributed by atoms with Crippen molar-refractivity contribution in [2.75, 3.05) is 36.5 Å². The highest BCUT2D eigenvalue weighted by Gasteiger charge is 2.31. The van der Waals surface area contributed by atoms with Crippen molar-refractivity contribution >= 4 is 23.3 Å². The molecular formula is C22H24N4O3. The highest BCUT2D eigenvalue weighted by atomic mass is 16.5. The van der Waals surface area contributed by atoms with Crippen LogP contribution in [0.15, 0.2) is 65.9 Å². The molecule has 0 spiro atoms. The van der Waals surface area contributed by atoms with Crippen molar-refractivity contribution in [1.29, 1.82) is 0 Å². The van der Waals surface area contributed by atoms with E-state index < -0.39 is 6.04 Å². The number of hydrogen-bond acceptors (Lipinski definition) is 4. The van der Waals surface area contributed by atoms with E-state index >= 15 is 0 Å². The van der Waals surface area contributed by atoms with E-state index in [-0.39, 0.29) is 11.9 Å². The van der Waals surface area contributed by atoms with Crippen LogP contribution in [0.4, 0.5) is 16.2 Å². The van der Waals surface area contributed by atoms with Crippen LogP contribution in [-0.2, 0) is 9.53 Å². The molecular weight excluding hydrogens is 368 g/mol. The van der Waals surface area contributed by atoms with Gasteiger partial charge in [0.1, 0.15) is 0 Å². The van der Waals surface area contributed by atoms with E-state index in [9.17, 15) is 9.59 Å². The van der Waals surface area contributed by atoms with Crippen LogP contribution in [-0.4, -0.2) is 38.2 Å². The van der Waals surface area contributed by atoms with Gasteiger partial charge in [-0.2, -0.15) is 0 Å². The van der Waals surface area contributed by atoms with Crippen LogP contribution >= 0.6 is 0 Å². The molecule has 1 atom stereocenters. The fourth-order valence-electron chi connectivity index (χ4n) is 3.66. The maximum atomic E-state index is 13.0. The molecule has 2 aromatic rings. The van der Waals surface area contributed by atoms with Crippen molar-refractivity contribution in [1.82, 2.24) is 10.6 Å². The number of hydrogen-bond donors (Lipinski definition) is 3. The fraction of sp³-hybridized carbons (Fsp3) is 0.273. The number of anilines is 2. The molecule has 29 heavy (non-hydrogen) atoms. The molecule has 3 amide bonds. The molecule has 3 N–H and O–H groups in total. The first kappa shape index (κ1) is 19.0. The van der Waals surface area contributed by atoms with Crippen LogP contribution in [0.2, 0.25) is 0 Å². The lowest BCUT2D eigenvalue weighted by atomic mass is 9.94. The van der Waals surface area contributed by atoms with Crippen molar-refractivity contribution in [3.05, 3.63) is 71.4 Å². The zero-order valence-electron chi connectivity index (χ0n) is 16.3. The molecule has 7 heteroatoms. The smallest absolute Gasteiger partial charge is 0.319 e. The van der Waals surface area contributed by atoms with Crippen LogP contribution in [0.25, 0.3) is 0 Å². The van der Waals surface area contributed by atoms with Gasteiger partial charge in [0.05, 0.1) is 24.8 Å². The number of allylic oxidation sites excluding steroid dienone is 1. The first-order valence-corrected chi connectivity index (χ1v) is 9.69. The van der Waals surface area contributed by atoms with Gasteiger partial charge in [-0.05, 0) is 36.8 Å². The highest BCUT2D eigenvalue weighted by molar-refractivity contribution is 6.06. The zero-order chi connectivity index (χ0) is 20.2. The van der Waals surface area contributed by atoms with Gasteiger partial charge < -0.3 is 25.6 Å². The average molecular weight is 392 g/mol. The summed E-state index contributed by atoms with van der Waals surface area (Å²) in [5.41, 5.74) is 3.70. The maximum absolute atomic E-state index is 13.0. The van der Waals surface area contributed by atoms with Crippen molar-refractivity contribution in [2.24, 2.45) is 0 Å². The number of ether oxygens (including phenoxy) is 1. The predicted molar refractivity (Wildman–Crippen MR) is 112 cm³/mol. The molecule has 2 aromatic carbocycles. The minimum absolute atomic E-state index is 0.247. The average Bonchev–Trinajstić information content (AvgIpc) is 2.74. The van der Waals surface area contributed by atoms with Gasteiger partial charge in [0.15, 0.2) is 0 Å². The normalized spacial score (nSPS) is 19.4. The number of morpholine rings is 1. The highest BCUT2D eigenvalue weighted by Crippen LogP contribution is 2.29. The number of rotatable bonds is 4. The lowest BCUT2D eigenvalue weighted by Gasteiger charge is -2.31. The molecule has 4 rings (SSSR count). The standard InChI is InChI=1S/C22H24N4O3/c1-15-19(21(27)24-17-5-3-2-4-6-17)20(25-22(28)23-15)16-7-9-18(10-8-16)26-11-13-29-14-12-26/h2-10,20H,11-14H2,1H3,(H,24,27)(H2,23,25,28). The SMILES string of the molecule is CC1=C(C(=O)Nc2ccccc2)C(c2ccc(N3CCOCC3)cc2)NC(=O)N1. The molecule has 0 aliphatic carbocycles. The van der Waals surface area contributed by atoms with E-state index in [1.54, 1.807) is 6.92 Å². The van der Waals surface area contributed by atoms with E-state index in [1.165, 1.54) is 0 Å². The Morgan fingerprint density at radius 1 is 1.07 bits per heavy atom. The number of carbonyl (C=O) groups is 2. The summed E-state index contributed by atoms with van der Waals surface area (Å²) in [6.07, 6.45) is 0. The van der Waals surface area contributed by atoms with Crippen LogP contribution in [0.1, 0.15) is 18.5 Å². The molecule has 0 radical (unpaired) electrons. The first-order chi connectivity index (χ1) is 14.1. The number of carbonyl (C=O) groups excluding carboxylic acids is 2. The Labute approximate surface area is 169 Å². The van der Waals surface area contributed by atoms with Crippen LogP contribution in [0, 0.1) is 0 Å². The summed E-state index contributed by atoms with van der Waals surface area (Å²) >= 11 is 0. The Kier molecular flexibility index (Phi) is 5.48. The van der Waals surface area contributed by atoms with E-state index in [0.717, 1.165) is 37.6 Å². The second kappa shape index (κ2) is 8.36. The van der Waals surface area contributed by atoms with Crippen LogP contribution in [0.3, 0.4) is 0 Å². The molecule has 0 saturated carbocycles. The fourth-order valence-corrected chi connectivity index (χ4v) is 3.66. The molecule has 0 aromatic heterocycles. The van der Waals surface area contributed by atoms with E-state index in [2.05, 4.69) is 20.9 Å². The number of amides is 3. The molecule has 150 valence electrons. The third-order valence-electron chi connectivity index (χ3n) is 5.15. The van der Waals surface area contributed by atoms with Gasteiger partial charge >= 0.3 is 6.03 Å². The molecule has 7 nitrogen and oxygen atoms in total. The Morgan fingerprint density at radius 2 is 1.76 bits per heavy atom. The second-order valence-corrected chi connectivity index (χ2v) is 7.08. The number of para-hydroxylation sites is 1. The Bertz CT molecular complexity index is 919. The third kappa shape index (κ3) is 4.25. The molecule has 1 fully saturated rings. The van der Waals surface area contributed by atoms with Gasteiger partial charge in [0.25, 0.3) is 5.91 Å². The summed E-state index contributed by atoms with van der Waals surface area (Å²) < 4.78 is 5.41. The van der Waals surface area contributed by atoms with E-state index in [0.29, 0.717) is 17.0 Å². The maximum Gasteiger partial charge on any atom is 0.319 e. The third-order valence-corrected chi connectivity index (χ3v) is 5.15. The minimum Gasteiger partial charge on any atom is -0.378 e. The quantitative estimate of drug-likeness (QED) is 0.747. The van der Waals surface area contributed by atoms with Crippen LogP contribution < -0.4 is 20.9 Å². The number of urea groups is 1. The Balaban J connectivity index is 1.59. The molecule has 2 heterocycles. The molecule has 2 aliphatic heterocycles. The zero-order valence-corrected chi connectivity index (χ0v) is 16.3. The Morgan fingerprint density at radius 3 is 2.45 bits per heavy atom. The summed E-state index contributed by atoms with van der Waals surface area (Å²) in [6, 6.07) is 16.4. The van der Waals surface area contributed by atoms with Gasteiger partial charge in [-0.1, -0.05) is 30.3 Å². The first-order valence-electron chi connectivity index (χ1n) is 9.69. The second-order valence-electron chi connectivity index (χ2n) is 7.08. The monoisotopic (exact) mass is 392 g/mol. The van der Waals surface area contributed by atoms with Gasteiger partial charge in [0, 0.05) is 30.2 Å². The summed E-state index contributed by atoms with van der Waals surface area (Å²) in [5.74, 6) is -0.247. The lowest BCUT2D eigenvalue weighted by Crippen LogP contribution is -2.46. The van der Waals surface area contributed by atoms with Gasteiger partial charge in [-0.3, -0.25) is 4.79 Å². The van der Waals surface area contributed by atoms with Crippen molar-refractivity contribution in [3.63, 3.8) is 0 Å². The van der Waals surface area contributed by atoms with Gasteiger partial charge in [0.2, 0.25) is 0 Å². The molecule has 1 unspecified atom stereocenters. The number of nitrogens with one attached hydrogen (secondary N) is 3. The number of benzene rings is 2. The topological polar surface area (TPSA) is 82.7 Å². The van der Waals surface area contributed by atoms with E-state index in [4.69, 9.17) is 4.74 Å². The van der Waals surface area contributed by atoms with E-state index in [1.807, 2.05) is 54.6 Å². The van der Waals surface area contributed by atoms with Crippen LogP contribution in [0.5, 0.6) is 0 Å². The molecule has 2 aliphatic rings. The summed E-state index contributed by atoms with van der Waals surface area (Å²) in [7, 11) is 0. The van der Waals surface area contributed by atoms with Gasteiger partial charge in [-0.25, -0.2) is 4.79 Å². The van der Waals surface area contributed by atoms with Gasteiger partial charge in [-0.15, -0.1) is 0 Å². The van der Waals surface area contributed by atoms with Crippen molar-refractivity contribution in [2.45, 2.75) is 13.0 Å². The predicted octanol–water partition coefficient (Wildman–Crippen LogP) is 2.79. The summed E-state index contributed by atoms with van der Waals surface area (Å²) in [5, 5.41) is 8.49. The summed E-state index contributed by atoms with van der Waals surface area (Å²) in [6.45, 7) is 4.89. The Hall–Kier alpha value is -3.32. The molecule has 1 saturated heterocycles. The van der Waals surface area contributed by atoms with Crippen molar-refractivity contribution < 1.29 is 14.3 Å².